The maximum atomic E-state index is 12.7. The second-order valence-electron chi connectivity index (χ2n) is 7.29. The highest BCUT2D eigenvalue weighted by molar-refractivity contribution is 5.78. The topological polar surface area (TPSA) is 45.7 Å². The van der Waals surface area contributed by atoms with Crippen molar-refractivity contribution in [2.24, 2.45) is 0 Å². The molecule has 0 saturated carbocycles. The van der Waals surface area contributed by atoms with Gasteiger partial charge in [0.1, 0.15) is 11.6 Å². The summed E-state index contributed by atoms with van der Waals surface area (Å²) < 4.78 is 43.7. The van der Waals surface area contributed by atoms with E-state index in [0.717, 1.165) is 34.7 Å². The van der Waals surface area contributed by atoms with Crippen LogP contribution in [0.15, 0.2) is 30.5 Å². The summed E-state index contributed by atoms with van der Waals surface area (Å²) in [4.78, 5) is 20.0. The Balaban J connectivity index is 1.53. The van der Waals surface area contributed by atoms with Gasteiger partial charge in [0.25, 0.3) is 5.91 Å². The summed E-state index contributed by atoms with van der Waals surface area (Å²) in [6.45, 7) is 7.83. The van der Waals surface area contributed by atoms with Gasteiger partial charge in [0.2, 0.25) is 0 Å². The molecule has 1 aromatic carbocycles. The van der Waals surface area contributed by atoms with Crippen molar-refractivity contribution in [2.45, 2.75) is 26.9 Å². The normalized spacial score (nSPS) is 14.8. The predicted octanol–water partition coefficient (Wildman–Crippen LogP) is 3.75. The highest BCUT2D eigenvalue weighted by atomic mass is 19.4. The van der Waals surface area contributed by atoms with Crippen molar-refractivity contribution in [1.29, 1.82) is 0 Å². The second-order valence-corrected chi connectivity index (χ2v) is 7.29. The van der Waals surface area contributed by atoms with Crippen LogP contribution in [0.3, 0.4) is 0 Å². The number of alkyl halides is 3. The number of carbonyl (C=O) groups excluding carboxylic acids is 1. The fourth-order valence-electron chi connectivity index (χ4n) is 3.55. The van der Waals surface area contributed by atoms with E-state index in [0.29, 0.717) is 32.0 Å². The van der Waals surface area contributed by atoms with Gasteiger partial charge in [-0.2, -0.15) is 13.2 Å². The molecule has 3 rings (SSSR count). The van der Waals surface area contributed by atoms with Gasteiger partial charge in [0, 0.05) is 32.4 Å². The lowest BCUT2D eigenvalue weighted by molar-refractivity contribution is -0.138. The number of piperazine rings is 1. The first-order chi connectivity index (χ1) is 13.6. The van der Waals surface area contributed by atoms with Crippen molar-refractivity contribution in [3.8, 4) is 5.75 Å². The zero-order valence-corrected chi connectivity index (χ0v) is 16.7. The van der Waals surface area contributed by atoms with Crippen molar-refractivity contribution in [3.63, 3.8) is 0 Å². The van der Waals surface area contributed by atoms with E-state index in [1.165, 1.54) is 6.07 Å². The van der Waals surface area contributed by atoms with E-state index in [1.54, 1.807) is 4.90 Å². The summed E-state index contributed by atoms with van der Waals surface area (Å²) in [5.74, 6) is 1.10. The van der Waals surface area contributed by atoms with Crippen molar-refractivity contribution in [3.05, 3.63) is 52.7 Å². The number of aryl methyl sites for hydroxylation is 3. The number of hydrogen-bond donors (Lipinski definition) is 0. The summed E-state index contributed by atoms with van der Waals surface area (Å²) in [6, 6.07) is 6.43. The molecule has 2 heterocycles. The molecule has 0 radical (unpaired) electrons. The van der Waals surface area contributed by atoms with Gasteiger partial charge >= 0.3 is 6.18 Å². The number of ether oxygens (including phenoxy) is 1. The van der Waals surface area contributed by atoms with Crippen LogP contribution in [0.4, 0.5) is 19.0 Å². The Kier molecular flexibility index (Phi) is 6.00. The van der Waals surface area contributed by atoms with Crippen LogP contribution in [0.25, 0.3) is 0 Å². The molecule has 1 aliphatic rings. The quantitative estimate of drug-likeness (QED) is 0.775. The third-order valence-corrected chi connectivity index (χ3v) is 4.98. The van der Waals surface area contributed by atoms with Gasteiger partial charge in [-0.15, -0.1) is 0 Å². The Morgan fingerprint density at radius 2 is 1.69 bits per heavy atom. The van der Waals surface area contributed by atoms with E-state index in [2.05, 4.69) is 4.98 Å². The lowest BCUT2D eigenvalue weighted by Crippen LogP contribution is -2.50. The number of carbonyl (C=O) groups is 1. The first-order valence-corrected chi connectivity index (χ1v) is 9.42. The Morgan fingerprint density at radius 1 is 1.07 bits per heavy atom. The Hall–Kier alpha value is -2.77. The molecule has 0 unspecified atom stereocenters. The lowest BCUT2D eigenvalue weighted by atomic mass is 10.1. The molecule has 1 amide bonds. The Bertz CT molecular complexity index is 851. The molecule has 29 heavy (non-hydrogen) atoms. The van der Waals surface area contributed by atoms with Crippen LogP contribution in [0.5, 0.6) is 5.75 Å². The standard InChI is InChI=1S/C21H24F3N3O2/c1-14-10-15(2)20(16(3)11-14)29-13-19(28)27-8-6-26(7-9-27)18-5-4-17(12-25-18)21(22,23)24/h4-5,10-12H,6-9,13H2,1-3H3. The SMILES string of the molecule is Cc1cc(C)c(OCC(=O)N2CCN(c3ccc(C(F)(F)F)cn3)CC2)c(C)c1. The average Bonchev–Trinajstić information content (AvgIpc) is 2.66. The minimum Gasteiger partial charge on any atom is -0.483 e. The Labute approximate surface area is 168 Å². The molecular formula is C21H24F3N3O2. The van der Waals surface area contributed by atoms with E-state index in [-0.39, 0.29) is 12.5 Å². The maximum Gasteiger partial charge on any atom is 0.417 e. The summed E-state index contributed by atoms with van der Waals surface area (Å²) in [5, 5.41) is 0. The van der Waals surface area contributed by atoms with E-state index in [1.807, 2.05) is 37.8 Å². The van der Waals surface area contributed by atoms with Crippen LogP contribution >= 0.6 is 0 Å². The first-order valence-electron chi connectivity index (χ1n) is 9.42. The molecule has 1 aliphatic heterocycles. The van der Waals surface area contributed by atoms with E-state index >= 15 is 0 Å². The van der Waals surface area contributed by atoms with Gasteiger partial charge in [-0.05, 0) is 44.0 Å². The number of aromatic nitrogens is 1. The summed E-state index contributed by atoms with van der Waals surface area (Å²) in [7, 11) is 0. The van der Waals surface area contributed by atoms with Crippen molar-refractivity contribution >= 4 is 11.7 Å². The molecule has 5 nitrogen and oxygen atoms in total. The van der Waals surface area contributed by atoms with Gasteiger partial charge in [0.15, 0.2) is 6.61 Å². The lowest BCUT2D eigenvalue weighted by Gasteiger charge is -2.35. The maximum absolute atomic E-state index is 12.7. The minimum absolute atomic E-state index is 0.0384. The van der Waals surface area contributed by atoms with Crippen LogP contribution in [-0.4, -0.2) is 48.6 Å². The number of nitrogens with zero attached hydrogens (tertiary/aromatic N) is 3. The number of rotatable bonds is 4. The number of pyridine rings is 1. The van der Waals surface area contributed by atoms with Crippen molar-refractivity contribution < 1.29 is 22.7 Å². The molecule has 0 bridgehead atoms. The van der Waals surface area contributed by atoms with Crippen LogP contribution in [0.2, 0.25) is 0 Å². The van der Waals surface area contributed by atoms with Gasteiger partial charge in [0.05, 0.1) is 5.56 Å². The second kappa shape index (κ2) is 8.31. The highest BCUT2D eigenvalue weighted by Gasteiger charge is 2.31. The van der Waals surface area contributed by atoms with Gasteiger partial charge in [-0.1, -0.05) is 17.7 Å². The van der Waals surface area contributed by atoms with Crippen LogP contribution in [-0.2, 0) is 11.0 Å². The van der Waals surface area contributed by atoms with Crippen molar-refractivity contribution in [1.82, 2.24) is 9.88 Å². The highest BCUT2D eigenvalue weighted by Crippen LogP contribution is 2.29. The van der Waals surface area contributed by atoms with Crippen molar-refractivity contribution in [2.75, 3.05) is 37.7 Å². The number of hydrogen-bond acceptors (Lipinski definition) is 4. The summed E-state index contributed by atoms with van der Waals surface area (Å²) in [6.07, 6.45) is -3.56. The van der Waals surface area contributed by atoms with Crippen LogP contribution in [0.1, 0.15) is 22.3 Å². The largest absolute Gasteiger partial charge is 0.483 e. The number of halogens is 3. The third kappa shape index (κ3) is 4.99. The predicted molar refractivity (Wildman–Crippen MR) is 104 cm³/mol. The smallest absolute Gasteiger partial charge is 0.417 e. The van der Waals surface area contributed by atoms with Gasteiger partial charge in [-0.25, -0.2) is 4.98 Å². The summed E-state index contributed by atoms with van der Waals surface area (Å²) >= 11 is 0. The fourth-order valence-corrected chi connectivity index (χ4v) is 3.55. The average molecular weight is 407 g/mol. The number of benzene rings is 1. The molecule has 1 aromatic heterocycles. The molecule has 0 N–H and O–H groups in total. The van der Waals surface area contributed by atoms with Crippen LogP contribution < -0.4 is 9.64 Å². The molecule has 156 valence electrons. The molecule has 0 spiro atoms. The summed E-state index contributed by atoms with van der Waals surface area (Å²) in [5.41, 5.74) is 2.36. The molecule has 2 aromatic rings. The van der Waals surface area contributed by atoms with Gasteiger partial charge in [-0.3, -0.25) is 4.79 Å². The van der Waals surface area contributed by atoms with Gasteiger partial charge < -0.3 is 14.5 Å². The zero-order valence-electron chi connectivity index (χ0n) is 16.7. The Morgan fingerprint density at radius 3 is 2.21 bits per heavy atom. The third-order valence-electron chi connectivity index (χ3n) is 4.98. The zero-order chi connectivity index (χ0) is 21.2. The number of anilines is 1. The minimum atomic E-state index is -4.40. The van der Waals surface area contributed by atoms with E-state index in [4.69, 9.17) is 4.74 Å². The van der Waals surface area contributed by atoms with E-state index in [9.17, 15) is 18.0 Å². The monoisotopic (exact) mass is 407 g/mol. The molecule has 8 heteroatoms. The fraction of sp³-hybridized carbons (Fsp3) is 0.429. The van der Waals surface area contributed by atoms with Crippen LogP contribution in [0, 0.1) is 20.8 Å². The molecule has 1 saturated heterocycles. The van der Waals surface area contributed by atoms with E-state index < -0.39 is 11.7 Å². The molecule has 0 aliphatic carbocycles. The number of amides is 1. The molecule has 1 fully saturated rings. The first kappa shape index (κ1) is 21.0. The molecule has 0 atom stereocenters. The molecular weight excluding hydrogens is 383 g/mol.